The molecule has 1 aromatic heterocycles. The number of thioether (sulfide) groups is 1. The fourth-order valence-electron chi connectivity index (χ4n) is 2.71. The minimum atomic E-state index is -1.29. The number of nitrogens with one attached hydrogen (secondary N) is 1. The maximum atomic E-state index is 12.4. The van der Waals surface area contributed by atoms with E-state index in [0.29, 0.717) is 10.5 Å². The number of esters is 1. The van der Waals surface area contributed by atoms with Gasteiger partial charge in [0.1, 0.15) is 23.7 Å². The average molecular weight is 430 g/mol. The molecule has 12 heteroatoms. The average Bonchev–Trinajstić information content (AvgIpc) is 3.01. The largest absolute Gasteiger partial charge is 0.477 e. The van der Waals surface area contributed by atoms with Gasteiger partial charge in [0.2, 0.25) is 5.91 Å². The van der Waals surface area contributed by atoms with Gasteiger partial charge in [0.15, 0.2) is 0 Å². The van der Waals surface area contributed by atoms with Crippen LogP contribution in [-0.4, -0.2) is 57.5 Å². The maximum Gasteiger partial charge on any atom is 0.352 e. The number of rotatable bonds is 6. The molecule has 2 aliphatic rings. The van der Waals surface area contributed by atoms with Gasteiger partial charge in [0, 0.05) is 28.5 Å². The Morgan fingerprint density at radius 1 is 1.37 bits per heavy atom. The van der Waals surface area contributed by atoms with Crippen molar-refractivity contribution in [3.05, 3.63) is 30.4 Å². The number of carbonyl (C=O) groups excluding carboxylic acids is 3. The number of fused-ring (bicyclic) bond motifs is 1. The molecule has 2 amide bonds. The number of amides is 2. The molecule has 0 aliphatic carbocycles. The monoisotopic (exact) mass is 430 g/mol. The van der Waals surface area contributed by atoms with Crippen LogP contribution in [0.5, 0.6) is 0 Å². The van der Waals surface area contributed by atoms with Crippen molar-refractivity contribution in [2.45, 2.75) is 24.8 Å². The first-order chi connectivity index (χ1) is 12.8. The Labute approximate surface area is 165 Å². The Kier molecular flexibility index (Phi) is 5.67. The smallest absolute Gasteiger partial charge is 0.352 e. The van der Waals surface area contributed by atoms with Crippen LogP contribution < -0.4 is 9.37 Å². The summed E-state index contributed by atoms with van der Waals surface area (Å²) in [5.41, 5.74) is 0.131. The zero-order valence-corrected chi connectivity index (χ0v) is 16.4. The number of carboxylic acids is 1. The second-order valence-electron chi connectivity index (χ2n) is 5.72. The molecule has 0 aromatic carbocycles. The topological polar surface area (TPSA) is 130 Å². The molecule has 2 atom stereocenters. The lowest BCUT2D eigenvalue weighted by atomic mass is 10.0. The summed E-state index contributed by atoms with van der Waals surface area (Å²) in [5.74, 6) is -2.51. The Morgan fingerprint density at radius 3 is 2.70 bits per heavy atom. The zero-order chi connectivity index (χ0) is 19.7. The minimum Gasteiger partial charge on any atom is -0.477 e. The van der Waals surface area contributed by atoms with Gasteiger partial charge in [-0.3, -0.25) is 24.1 Å². The van der Waals surface area contributed by atoms with E-state index in [4.69, 9.17) is 4.74 Å². The van der Waals surface area contributed by atoms with E-state index >= 15 is 0 Å². The van der Waals surface area contributed by atoms with Crippen LogP contribution in [0.15, 0.2) is 21.4 Å². The van der Waals surface area contributed by atoms with Gasteiger partial charge in [-0.15, -0.1) is 11.8 Å². The van der Waals surface area contributed by atoms with Gasteiger partial charge >= 0.3 is 11.9 Å². The third-order valence-corrected chi connectivity index (χ3v) is 7.17. The molecule has 1 saturated heterocycles. The molecule has 2 aliphatic heterocycles. The van der Waals surface area contributed by atoms with Gasteiger partial charge in [-0.05, 0) is 0 Å². The third kappa shape index (κ3) is 4.06. The zero-order valence-electron chi connectivity index (χ0n) is 13.9. The van der Waals surface area contributed by atoms with Gasteiger partial charge in [0.05, 0.1) is 6.42 Å². The highest BCUT2D eigenvalue weighted by Gasteiger charge is 2.54. The molecule has 3 heterocycles. The van der Waals surface area contributed by atoms with Crippen molar-refractivity contribution in [1.82, 2.24) is 10.2 Å². The summed E-state index contributed by atoms with van der Waals surface area (Å²) in [6.45, 7) is 1.01. The highest BCUT2D eigenvalue weighted by Crippen LogP contribution is 2.40. The van der Waals surface area contributed by atoms with Gasteiger partial charge in [-0.2, -0.15) is 0 Å². The SMILES string of the molecule is CC(=O)OCC1=C(C(=O)O)N2C(=O)C(NC(=O)Cc3csc(=O)s3)C2SC1. The molecule has 0 saturated carbocycles. The molecule has 0 spiro atoms. The lowest BCUT2D eigenvalue weighted by Gasteiger charge is -2.49. The van der Waals surface area contributed by atoms with Crippen LogP contribution in [0.2, 0.25) is 0 Å². The first-order valence-electron chi connectivity index (χ1n) is 7.68. The highest BCUT2D eigenvalue weighted by atomic mass is 32.2. The molecule has 27 heavy (non-hydrogen) atoms. The van der Waals surface area contributed by atoms with E-state index in [9.17, 15) is 29.1 Å². The summed E-state index contributed by atoms with van der Waals surface area (Å²) < 4.78 is 4.75. The van der Waals surface area contributed by atoms with Crippen molar-refractivity contribution in [2.24, 2.45) is 0 Å². The number of hydrogen-bond donors (Lipinski definition) is 2. The second-order valence-corrected chi connectivity index (χ2v) is 9.03. The molecular weight excluding hydrogens is 416 g/mol. The van der Waals surface area contributed by atoms with Crippen molar-refractivity contribution in [2.75, 3.05) is 12.4 Å². The van der Waals surface area contributed by atoms with Crippen molar-refractivity contribution in [3.63, 3.8) is 0 Å². The summed E-state index contributed by atoms with van der Waals surface area (Å²) in [6.07, 6.45) is -0.0100. The van der Waals surface area contributed by atoms with Crippen molar-refractivity contribution >= 4 is 58.2 Å². The summed E-state index contributed by atoms with van der Waals surface area (Å²) in [7, 11) is 0. The molecule has 144 valence electrons. The van der Waals surface area contributed by atoms with Crippen LogP contribution >= 0.6 is 34.4 Å². The number of carbonyl (C=O) groups is 4. The molecule has 3 rings (SSSR count). The van der Waals surface area contributed by atoms with Crippen molar-refractivity contribution in [3.8, 4) is 0 Å². The van der Waals surface area contributed by atoms with E-state index in [0.717, 1.165) is 27.6 Å². The summed E-state index contributed by atoms with van der Waals surface area (Å²) in [6, 6.07) is -0.831. The summed E-state index contributed by atoms with van der Waals surface area (Å²) >= 11 is 3.28. The van der Waals surface area contributed by atoms with Crippen LogP contribution in [0.1, 0.15) is 11.8 Å². The summed E-state index contributed by atoms with van der Waals surface area (Å²) in [5, 5.41) is 13.1. The Morgan fingerprint density at radius 2 is 2.11 bits per heavy atom. The van der Waals surface area contributed by atoms with E-state index in [-0.39, 0.29) is 28.5 Å². The minimum absolute atomic E-state index is 0.0100. The molecule has 2 unspecified atom stereocenters. The third-order valence-electron chi connectivity index (χ3n) is 3.85. The lowest BCUT2D eigenvalue weighted by molar-refractivity contribution is -0.151. The van der Waals surface area contributed by atoms with Gasteiger partial charge in [0.25, 0.3) is 9.96 Å². The van der Waals surface area contributed by atoms with E-state index in [1.807, 2.05) is 0 Å². The van der Waals surface area contributed by atoms with E-state index in [1.165, 1.54) is 18.7 Å². The molecule has 9 nitrogen and oxygen atoms in total. The lowest BCUT2D eigenvalue weighted by Crippen LogP contribution is -2.70. The number of β-lactam (4-membered cyclic amide) rings is 1. The second kappa shape index (κ2) is 7.82. The van der Waals surface area contributed by atoms with E-state index in [2.05, 4.69) is 5.32 Å². The van der Waals surface area contributed by atoms with Gasteiger partial charge < -0.3 is 15.2 Å². The highest BCUT2D eigenvalue weighted by molar-refractivity contribution is 8.00. The summed E-state index contributed by atoms with van der Waals surface area (Å²) in [4.78, 5) is 60.0. The maximum absolute atomic E-state index is 12.4. The Hall–Kier alpha value is -2.18. The number of nitrogens with zero attached hydrogens (tertiary/aromatic N) is 1. The van der Waals surface area contributed by atoms with Crippen molar-refractivity contribution in [1.29, 1.82) is 0 Å². The van der Waals surface area contributed by atoms with E-state index < -0.39 is 35.2 Å². The quantitative estimate of drug-likeness (QED) is 0.477. The normalized spacial score (nSPS) is 21.4. The van der Waals surface area contributed by atoms with E-state index in [1.54, 1.807) is 5.38 Å². The standard InChI is InChI=1S/C15H14N2O7S3/c1-6(18)24-3-7-4-25-13-10(12(20)17(13)11(7)14(21)22)16-9(19)2-8-5-26-15(23)27-8/h5,10,13H,2-4H2,1H3,(H,16,19)(H,21,22). The predicted molar refractivity (Wildman–Crippen MR) is 98.5 cm³/mol. The number of ether oxygens (including phenoxy) is 1. The molecule has 1 aromatic rings. The Bertz CT molecular complexity index is 903. The first kappa shape index (κ1) is 19.6. The number of aliphatic carboxylic acids is 1. The van der Waals surface area contributed by atoms with Gasteiger partial charge in [-0.1, -0.05) is 22.7 Å². The van der Waals surface area contributed by atoms with Crippen LogP contribution in [-0.2, 0) is 30.3 Å². The molecule has 1 fully saturated rings. The molecule has 0 bridgehead atoms. The predicted octanol–water partition coefficient (Wildman–Crippen LogP) is 0.0140. The number of hydrogen-bond acceptors (Lipinski definition) is 9. The molecule has 0 radical (unpaired) electrons. The molecular formula is C15H14N2O7S3. The first-order valence-corrected chi connectivity index (χ1v) is 10.4. The van der Waals surface area contributed by atoms with Crippen LogP contribution in [0.25, 0.3) is 0 Å². The van der Waals surface area contributed by atoms with Crippen LogP contribution in [0.3, 0.4) is 0 Å². The molecule has 2 N–H and O–H groups in total. The van der Waals surface area contributed by atoms with Crippen molar-refractivity contribution < 1.29 is 29.0 Å². The number of carboxylic acid groups (broad SMARTS) is 1. The Balaban J connectivity index is 1.69. The fraction of sp³-hybridized carbons (Fsp3) is 0.400. The van der Waals surface area contributed by atoms with Crippen LogP contribution in [0.4, 0.5) is 0 Å². The van der Waals surface area contributed by atoms with Crippen LogP contribution in [0, 0.1) is 0 Å². The van der Waals surface area contributed by atoms with Gasteiger partial charge in [-0.25, -0.2) is 4.79 Å². The fourth-order valence-corrected chi connectivity index (χ4v) is 5.76.